The highest BCUT2D eigenvalue weighted by molar-refractivity contribution is 5.97. The average Bonchev–Trinajstić information content (AvgIpc) is 3.33. The molecule has 1 fully saturated rings. The minimum Gasteiger partial charge on any atom is -0.467 e. The first-order valence-corrected chi connectivity index (χ1v) is 13.5. The number of nitrogens with zero attached hydrogens (tertiary/aromatic N) is 2. The van der Waals surface area contributed by atoms with Gasteiger partial charge in [0.25, 0.3) is 0 Å². The molecule has 4 atom stereocenters. The topological polar surface area (TPSA) is 114 Å². The summed E-state index contributed by atoms with van der Waals surface area (Å²) in [5.74, 6) is -1.20. The van der Waals surface area contributed by atoms with Crippen molar-refractivity contribution in [2.45, 2.75) is 104 Å². The summed E-state index contributed by atoms with van der Waals surface area (Å²) in [6.07, 6.45) is -0.520. The molecule has 220 valence electrons. The predicted octanol–water partition coefficient (Wildman–Crippen LogP) is 4.90. The third-order valence-corrected chi connectivity index (χ3v) is 7.51. The van der Waals surface area contributed by atoms with Crippen LogP contribution < -0.4 is 10.2 Å². The van der Waals surface area contributed by atoms with Crippen LogP contribution in [0.25, 0.3) is 0 Å². The monoisotopic (exact) mass is 557 g/mol. The van der Waals surface area contributed by atoms with Gasteiger partial charge in [-0.15, -0.1) is 6.58 Å². The quantitative estimate of drug-likeness (QED) is 0.311. The zero-order valence-corrected chi connectivity index (χ0v) is 25.3. The average molecular weight is 558 g/mol. The molecule has 2 heterocycles. The van der Waals surface area contributed by atoms with E-state index in [1.165, 1.54) is 23.8 Å². The van der Waals surface area contributed by atoms with Crippen LogP contribution in [0.4, 0.5) is 15.3 Å². The van der Waals surface area contributed by atoms with Gasteiger partial charge in [-0.05, 0) is 71.9 Å². The number of esters is 1. The highest BCUT2D eigenvalue weighted by Crippen LogP contribution is 2.62. The van der Waals surface area contributed by atoms with Crippen LogP contribution in [0, 0.1) is 5.41 Å². The maximum Gasteiger partial charge on any atom is 0.416 e. The van der Waals surface area contributed by atoms with Crippen molar-refractivity contribution in [1.29, 1.82) is 0 Å². The highest BCUT2D eigenvalue weighted by Gasteiger charge is 2.70. The van der Waals surface area contributed by atoms with Gasteiger partial charge in [-0.25, -0.2) is 14.4 Å². The van der Waals surface area contributed by atoms with Gasteiger partial charge in [0.15, 0.2) is 0 Å². The smallest absolute Gasteiger partial charge is 0.416 e. The van der Waals surface area contributed by atoms with E-state index in [2.05, 4.69) is 11.9 Å². The summed E-state index contributed by atoms with van der Waals surface area (Å²) < 4.78 is 16.4. The van der Waals surface area contributed by atoms with E-state index in [4.69, 9.17) is 14.2 Å². The minimum atomic E-state index is -1.09. The first-order valence-electron chi connectivity index (χ1n) is 13.5. The lowest BCUT2D eigenvalue weighted by atomic mass is 9.60. The van der Waals surface area contributed by atoms with E-state index in [1.807, 2.05) is 32.0 Å². The highest BCUT2D eigenvalue weighted by atomic mass is 16.6. The van der Waals surface area contributed by atoms with Gasteiger partial charge in [-0.2, -0.15) is 0 Å². The van der Waals surface area contributed by atoms with Gasteiger partial charge in [0.2, 0.25) is 5.91 Å². The van der Waals surface area contributed by atoms with Gasteiger partial charge < -0.3 is 19.5 Å². The molecule has 1 saturated heterocycles. The zero-order chi connectivity index (χ0) is 30.4. The number of anilines is 1. The second-order valence-electron chi connectivity index (χ2n) is 13.0. The second kappa shape index (κ2) is 10.4. The van der Waals surface area contributed by atoms with Crippen molar-refractivity contribution < 1.29 is 33.4 Å². The third-order valence-electron chi connectivity index (χ3n) is 7.51. The Balaban J connectivity index is 2.30. The number of nitrogens with one attached hydrogen (secondary N) is 1. The lowest BCUT2D eigenvalue weighted by Gasteiger charge is -2.45. The molecule has 40 heavy (non-hydrogen) atoms. The summed E-state index contributed by atoms with van der Waals surface area (Å²) in [7, 11) is 1.23. The molecule has 1 aromatic carbocycles. The van der Waals surface area contributed by atoms with Crippen LogP contribution in [0.2, 0.25) is 0 Å². The fraction of sp³-hybridized carbons (Fsp3) is 0.600. The maximum absolute atomic E-state index is 14.0. The molecule has 3 amide bonds. The Morgan fingerprint density at radius 2 is 1.55 bits per heavy atom. The molecule has 0 unspecified atom stereocenters. The largest absolute Gasteiger partial charge is 0.467 e. The Hall–Kier alpha value is -3.56. The van der Waals surface area contributed by atoms with Gasteiger partial charge in [-0.3, -0.25) is 14.6 Å². The molecule has 10 nitrogen and oxygen atoms in total. The summed E-state index contributed by atoms with van der Waals surface area (Å²) in [4.78, 5) is 56.6. The molecule has 0 aliphatic carbocycles. The number of benzene rings is 1. The Labute approximate surface area is 237 Å². The summed E-state index contributed by atoms with van der Waals surface area (Å²) >= 11 is 0. The fourth-order valence-corrected chi connectivity index (χ4v) is 5.64. The van der Waals surface area contributed by atoms with E-state index in [9.17, 15) is 19.2 Å². The minimum absolute atomic E-state index is 0.131. The molecule has 3 rings (SSSR count). The Morgan fingerprint density at radius 1 is 1.00 bits per heavy atom. The maximum atomic E-state index is 14.0. The Morgan fingerprint density at radius 3 is 2.08 bits per heavy atom. The zero-order valence-electron chi connectivity index (χ0n) is 25.3. The van der Waals surface area contributed by atoms with Crippen molar-refractivity contribution in [3.63, 3.8) is 0 Å². The molecule has 0 aromatic heterocycles. The standard InChI is InChI=1S/C30H43N3O7/c1-12-29(9,10)30-17-21(22(34)31-18(2)23(35)38-11)33(26(37)40-28(6,7)8)24(30)32(25(36)39-27(3,4)5)20-16-14-13-15-19(20)30/h12-16,18,21,24H,1,17H2,2-11H3,(H,31,34)/t18-,21+,24+,30-/m1/s1. The normalized spacial score (nSPS) is 23.1. The number of amides is 3. The van der Waals surface area contributed by atoms with Crippen LogP contribution in [0.1, 0.15) is 74.3 Å². The number of hydrogen-bond acceptors (Lipinski definition) is 7. The second-order valence-corrected chi connectivity index (χ2v) is 13.0. The van der Waals surface area contributed by atoms with Gasteiger partial charge in [0.1, 0.15) is 29.5 Å². The number of carbonyl (C=O) groups is 4. The van der Waals surface area contributed by atoms with Crippen molar-refractivity contribution in [1.82, 2.24) is 10.2 Å². The number of hydrogen-bond donors (Lipinski definition) is 1. The Bertz CT molecular complexity index is 1200. The molecule has 0 bridgehead atoms. The molecule has 0 spiro atoms. The van der Waals surface area contributed by atoms with Crippen molar-refractivity contribution in [2.75, 3.05) is 12.0 Å². The molecule has 0 radical (unpaired) electrons. The van der Waals surface area contributed by atoms with Crippen LogP contribution in [0.3, 0.4) is 0 Å². The Kier molecular flexibility index (Phi) is 8.09. The van der Waals surface area contributed by atoms with Crippen LogP contribution in [-0.4, -0.2) is 65.5 Å². The number of carbonyl (C=O) groups excluding carboxylic acids is 4. The van der Waals surface area contributed by atoms with Crippen LogP contribution in [0.5, 0.6) is 0 Å². The van der Waals surface area contributed by atoms with E-state index in [0.717, 1.165) is 5.56 Å². The van der Waals surface area contributed by atoms with Crippen LogP contribution in [-0.2, 0) is 29.2 Å². The first-order chi connectivity index (χ1) is 18.3. The van der Waals surface area contributed by atoms with Crippen LogP contribution in [0.15, 0.2) is 36.9 Å². The third kappa shape index (κ3) is 5.40. The number of para-hydroxylation sites is 1. The van der Waals surface area contributed by atoms with Gasteiger partial charge in [-0.1, -0.05) is 38.1 Å². The molecule has 10 heteroatoms. The number of rotatable bonds is 5. The molecular formula is C30H43N3O7. The summed E-state index contributed by atoms with van der Waals surface area (Å²) in [6.45, 7) is 20.0. The SMILES string of the molecule is C=CC(C)(C)[C@@]12C[C@@H](C(=O)N[C@H](C)C(=O)OC)N(C(=O)OC(C)(C)C)[C@@H]1N(C(=O)OC(C)(C)C)c1ccccc12. The van der Waals surface area contributed by atoms with E-state index < -0.39 is 64.3 Å². The molecule has 2 aliphatic heterocycles. The van der Waals surface area contributed by atoms with Crippen molar-refractivity contribution in [3.05, 3.63) is 42.5 Å². The van der Waals surface area contributed by atoms with E-state index in [1.54, 1.807) is 53.7 Å². The molecule has 1 aromatic rings. The van der Waals surface area contributed by atoms with Crippen molar-refractivity contribution in [2.24, 2.45) is 5.41 Å². The number of allylic oxidation sites excluding steroid dienone is 1. The summed E-state index contributed by atoms with van der Waals surface area (Å²) in [5.41, 5.74) is -2.07. The molecule has 0 saturated carbocycles. The van der Waals surface area contributed by atoms with E-state index in [-0.39, 0.29) is 6.42 Å². The first kappa shape index (κ1) is 31.0. The number of likely N-dealkylation sites (tertiary alicyclic amines) is 1. The lowest BCUT2D eigenvalue weighted by molar-refractivity contribution is -0.145. The van der Waals surface area contributed by atoms with Gasteiger partial charge in [0, 0.05) is 5.41 Å². The van der Waals surface area contributed by atoms with Crippen molar-refractivity contribution >= 4 is 29.8 Å². The predicted molar refractivity (Wildman–Crippen MR) is 151 cm³/mol. The number of fused-ring (bicyclic) bond motifs is 3. The summed E-state index contributed by atoms with van der Waals surface area (Å²) in [5, 5.41) is 2.68. The molecular weight excluding hydrogens is 514 g/mol. The summed E-state index contributed by atoms with van der Waals surface area (Å²) in [6, 6.07) is 5.33. The van der Waals surface area contributed by atoms with Gasteiger partial charge >= 0.3 is 18.2 Å². The van der Waals surface area contributed by atoms with Gasteiger partial charge in [0.05, 0.1) is 12.8 Å². The van der Waals surface area contributed by atoms with E-state index in [0.29, 0.717) is 5.69 Å². The number of methoxy groups -OCH3 is 1. The van der Waals surface area contributed by atoms with Crippen LogP contribution >= 0.6 is 0 Å². The van der Waals surface area contributed by atoms with E-state index >= 15 is 0 Å². The number of ether oxygens (including phenoxy) is 3. The molecule has 2 aliphatic rings. The lowest BCUT2D eigenvalue weighted by Crippen LogP contribution is -2.60. The molecule has 1 N–H and O–H groups in total. The van der Waals surface area contributed by atoms with Crippen molar-refractivity contribution in [3.8, 4) is 0 Å². The fourth-order valence-electron chi connectivity index (χ4n) is 5.64.